The Morgan fingerprint density at radius 2 is 2.00 bits per heavy atom. The molecule has 1 aliphatic heterocycles. The van der Waals surface area contributed by atoms with Gasteiger partial charge in [-0.05, 0) is 38.3 Å². The molecule has 0 aromatic heterocycles. The van der Waals surface area contributed by atoms with Gasteiger partial charge < -0.3 is 4.90 Å². The van der Waals surface area contributed by atoms with E-state index < -0.39 is 37.1 Å². The van der Waals surface area contributed by atoms with Crippen LogP contribution in [0.2, 0.25) is 0 Å². The van der Waals surface area contributed by atoms with E-state index in [4.69, 9.17) is 10.7 Å². The second-order valence-corrected chi connectivity index (χ2v) is 7.58. The van der Waals surface area contributed by atoms with E-state index in [9.17, 15) is 22.0 Å². The summed E-state index contributed by atoms with van der Waals surface area (Å²) in [6, 6.07) is 1.06. The van der Waals surface area contributed by atoms with Gasteiger partial charge in [-0.2, -0.15) is 0 Å². The lowest BCUT2D eigenvalue weighted by molar-refractivity contribution is 0.0629. The van der Waals surface area contributed by atoms with Crippen LogP contribution < -0.4 is 0 Å². The first-order chi connectivity index (χ1) is 9.71. The molecule has 0 saturated carbocycles. The fraction of sp³-hybridized carbons (Fsp3) is 0.462. The highest BCUT2D eigenvalue weighted by Crippen LogP contribution is 2.26. The Hall–Kier alpha value is -1.21. The normalized spacial score (nSPS) is 19.6. The van der Waals surface area contributed by atoms with Crippen LogP contribution in [0.1, 0.15) is 36.5 Å². The summed E-state index contributed by atoms with van der Waals surface area (Å²) in [5, 5.41) is 0. The third-order valence-corrected chi connectivity index (χ3v) is 4.88. The molecule has 21 heavy (non-hydrogen) atoms. The van der Waals surface area contributed by atoms with Crippen LogP contribution in [0, 0.1) is 11.6 Å². The van der Waals surface area contributed by atoms with Crippen LogP contribution in [0.15, 0.2) is 17.0 Å². The zero-order valence-electron chi connectivity index (χ0n) is 11.3. The molecule has 1 fully saturated rings. The van der Waals surface area contributed by atoms with E-state index in [1.54, 1.807) is 0 Å². The van der Waals surface area contributed by atoms with E-state index in [1.807, 2.05) is 6.92 Å². The summed E-state index contributed by atoms with van der Waals surface area (Å²) in [6.07, 6.45) is 2.49. The Labute approximate surface area is 126 Å². The molecule has 0 radical (unpaired) electrons. The molecule has 1 saturated heterocycles. The summed E-state index contributed by atoms with van der Waals surface area (Å²) >= 11 is 0. The average Bonchev–Trinajstić information content (AvgIpc) is 2.39. The molecule has 1 amide bonds. The van der Waals surface area contributed by atoms with Crippen molar-refractivity contribution in [2.75, 3.05) is 6.54 Å². The minimum absolute atomic E-state index is 0.107. The standard InChI is InChI=1S/C13H14ClF2NO3S/c1-8-4-2-3-5-17(8)13(18)10-6-9(15)7-11(12(10)16)21(14,19)20/h6-8H,2-5H2,1H3. The zero-order chi connectivity index (χ0) is 15.8. The van der Waals surface area contributed by atoms with Crippen molar-refractivity contribution >= 4 is 25.6 Å². The highest BCUT2D eigenvalue weighted by Gasteiger charge is 2.30. The van der Waals surface area contributed by atoms with Crippen molar-refractivity contribution in [3.63, 3.8) is 0 Å². The van der Waals surface area contributed by atoms with Crippen LogP contribution in [0.4, 0.5) is 8.78 Å². The molecule has 1 unspecified atom stereocenters. The quantitative estimate of drug-likeness (QED) is 0.780. The van der Waals surface area contributed by atoms with Gasteiger partial charge in [0.15, 0.2) is 5.82 Å². The minimum atomic E-state index is -4.47. The van der Waals surface area contributed by atoms with Gasteiger partial charge in [-0.15, -0.1) is 0 Å². The third kappa shape index (κ3) is 3.35. The number of piperidine rings is 1. The smallest absolute Gasteiger partial charge is 0.264 e. The summed E-state index contributed by atoms with van der Waals surface area (Å²) in [7, 11) is 0.598. The predicted molar refractivity (Wildman–Crippen MR) is 73.7 cm³/mol. The monoisotopic (exact) mass is 337 g/mol. The van der Waals surface area contributed by atoms with E-state index in [-0.39, 0.29) is 6.04 Å². The van der Waals surface area contributed by atoms with Crippen molar-refractivity contribution in [1.82, 2.24) is 4.90 Å². The first-order valence-corrected chi connectivity index (χ1v) is 8.77. The van der Waals surface area contributed by atoms with Crippen molar-refractivity contribution in [2.24, 2.45) is 0 Å². The molecular weight excluding hydrogens is 324 g/mol. The molecule has 8 heteroatoms. The molecule has 1 aliphatic rings. The molecule has 1 aromatic rings. The summed E-state index contributed by atoms with van der Waals surface area (Å²) < 4.78 is 50.2. The predicted octanol–water partition coefficient (Wildman–Crippen LogP) is 2.91. The van der Waals surface area contributed by atoms with Crippen LogP contribution in [0.5, 0.6) is 0 Å². The topological polar surface area (TPSA) is 54.5 Å². The summed E-state index contributed by atoms with van der Waals surface area (Å²) in [5.74, 6) is -3.06. The Balaban J connectivity index is 2.49. The van der Waals surface area contributed by atoms with Gasteiger partial charge >= 0.3 is 0 Å². The highest BCUT2D eigenvalue weighted by atomic mass is 35.7. The Morgan fingerprint density at radius 3 is 2.57 bits per heavy atom. The number of nitrogens with zero attached hydrogens (tertiary/aromatic N) is 1. The SMILES string of the molecule is CC1CCCCN1C(=O)c1cc(F)cc(S(=O)(=O)Cl)c1F. The first-order valence-electron chi connectivity index (χ1n) is 6.46. The van der Waals surface area contributed by atoms with Crippen molar-refractivity contribution in [3.8, 4) is 0 Å². The molecule has 1 atom stereocenters. The third-order valence-electron chi connectivity index (χ3n) is 3.56. The number of rotatable bonds is 2. The first kappa shape index (κ1) is 16.2. The summed E-state index contributed by atoms with van der Waals surface area (Å²) in [5.41, 5.74) is -0.608. The number of likely N-dealkylation sites (tertiary alicyclic amines) is 1. The van der Waals surface area contributed by atoms with E-state index in [2.05, 4.69) is 0 Å². The molecule has 1 heterocycles. The average molecular weight is 338 g/mol. The van der Waals surface area contributed by atoms with Crippen LogP contribution >= 0.6 is 10.7 Å². The molecule has 2 rings (SSSR count). The fourth-order valence-corrected chi connectivity index (χ4v) is 3.37. The van der Waals surface area contributed by atoms with Gasteiger partial charge in [0.2, 0.25) is 0 Å². The van der Waals surface area contributed by atoms with Crippen molar-refractivity contribution in [1.29, 1.82) is 0 Å². The second kappa shape index (κ2) is 5.88. The number of halogens is 3. The van der Waals surface area contributed by atoms with Crippen LogP contribution in [0.25, 0.3) is 0 Å². The van der Waals surface area contributed by atoms with Crippen molar-refractivity contribution < 1.29 is 22.0 Å². The maximum atomic E-state index is 14.2. The van der Waals surface area contributed by atoms with Crippen LogP contribution in [0.3, 0.4) is 0 Å². The van der Waals surface area contributed by atoms with E-state index in [1.165, 1.54) is 4.90 Å². The van der Waals surface area contributed by atoms with Gasteiger partial charge in [0.05, 0.1) is 5.56 Å². The highest BCUT2D eigenvalue weighted by molar-refractivity contribution is 8.13. The molecule has 4 nitrogen and oxygen atoms in total. The number of hydrogen-bond acceptors (Lipinski definition) is 3. The lowest BCUT2D eigenvalue weighted by Gasteiger charge is -2.33. The number of benzene rings is 1. The molecule has 0 spiro atoms. The van der Waals surface area contributed by atoms with E-state index >= 15 is 0 Å². The lowest BCUT2D eigenvalue weighted by Crippen LogP contribution is -2.42. The molecule has 0 bridgehead atoms. The summed E-state index contributed by atoms with van der Waals surface area (Å²) in [4.78, 5) is 12.7. The van der Waals surface area contributed by atoms with Crippen molar-refractivity contribution in [2.45, 2.75) is 37.1 Å². The van der Waals surface area contributed by atoms with Gasteiger partial charge in [-0.3, -0.25) is 4.79 Å². The maximum Gasteiger partial charge on any atom is 0.264 e. The number of amides is 1. The van der Waals surface area contributed by atoms with Crippen LogP contribution in [-0.4, -0.2) is 31.8 Å². The fourth-order valence-electron chi connectivity index (χ4n) is 2.45. The van der Waals surface area contributed by atoms with Gasteiger partial charge in [-0.1, -0.05) is 0 Å². The number of hydrogen-bond donors (Lipinski definition) is 0. The number of carbonyl (C=O) groups is 1. The maximum absolute atomic E-state index is 14.2. The molecule has 116 valence electrons. The van der Waals surface area contributed by atoms with Crippen LogP contribution in [-0.2, 0) is 9.05 Å². The Kier molecular flexibility index (Phi) is 4.53. The molecule has 0 aliphatic carbocycles. The van der Waals surface area contributed by atoms with Crippen molar-refractivity contribution in [3.05, 3.63) is 29.3 Å². The largest absolute Gasteiger partial charge is 0.336 e. The molecule has 0 N–H and O–H groups in total. The lowest BCUT2D eigenvalue weighted by atomic mass is 10.0. The zero-order valence-corrected chi connectivity index (χ0v) is 12.8. The number of carbonyl (C=O) groups excluding carboxylic acids is 1. The van der Waals surface area contributed by atoms with E-state index in [0.29, 0.717) is 18.7 Å². The van der Waals surface area contributed by atoms with Gasteiger partial charge in [0, 0.05) is 23.3 Å². The van der Waals surface area contributed by atoms with Gasteiger partial charge in [0.25, 0.3) is 15.0 Å². The Bertz CT molecular complexity index is 678. The minimum Gasteiger partial charge on any atom is -0.336 e. The second-order valence-electron chi connectivity index (χ2n) is 5.05. The van der Waals surface area contributed by atoms with Gasteiger partial charge in [0.1, 0.15) is 10.7 Å². The molecular formula is C13H14ClF2NO3S. The summed E-state index contributed by atoms with van der Waals surface area (Å²) in [6.45, 7) is 2.24. The van der Waals surface area contributed by atoms with Gasteiger partial charge in [-0.25, -0.2) is 17.2 Å². The Morgan fingerprint density at radius 1 is 1.33 bits per heavy atom. The molecule has 1 aromatic carbocycles. The van der Waals surface area contributed by atoms with E-state index in [0.717, 1.165) is 19.3 Å².